The van der Waals surface area contributed by atoms with Crippen molar-refractivity contribution in [3.63, 3.8) is 0 Å². The van der Waals surface area contributed by atoms with Crippen LogP contribution in [0.15, 0.2) is 47.6 Å². The van der Waals surface area contributed by atoms with E-state index >= 15 is 0 Å². The van der Waals surface area contributed by atoms with E-state index in [1.54, 1.807) is 25.3 Å². The summed E-state index contributed by atoms with van der Waals surface area (Å²) in [5, 5.41) is 12.9. The maximum Gasteiger partial charge on any atom is 0.237 e. The Kier molecular flexibility index (Phi) is 8.05. The zero-order chi connectivity index (χ0) is 23.4. The van der Waals surface area contributed by atoms with Crippen LogP contribution in [0.1, 0.15) is 25.7 Å². The number of ether oxygens (including phenoxy) is 1. The normalized spacial score (nSPS) is 13.1. The highest BCUT2D eigenvalue weighted by atomic mass is 35.5. The van der Waals surface area contributed by atoms with Crippen LogP contribution in [-0.4, -0.2) is 52.0 Å². The van der Waals surface area contributed by atoms with E-state index in [1.165, 1.54) is 11.8 Å². The first-order chi connectivity index (χ1) is 15.2. The monoisotopic (exact) mass is 493 g/mol. The lowest BCUT2D eigenvalue weighted by molar-refractivity contribution is -0.115. The van der Waals surface area contributed by atoms with Gasteiger partial charge in [0.2, 0.25) is 5.91 Å². The van der Waals surface area contributed by atoms with Gasteiger partial charge in [0.1, 0.15) is 5.75 Å². The average Bonchev–Trinajstić information content (AvgIpc) is 3.17. The molecule has 0 aliphatic heterocycles. The van der Waals surface area contributed by atoms with Crippen LogP contribution in [0.4, 0.5) is 5.69 Å². The zero-order valence-corrected chi connectivity index (χ0v) is 20.8. The number of nitrogens with one attached hydrogen (secondary N) is 1. The molecule has 2 aromatic carbocycles. The highest BCUT2D eigenvalue weighted by Gasteiger charge is 2.24. The Morgan fingerprint density at radius 2 is 1.81 bits per heavy atom. The van der Waals surface area contributed by atoms with Gasteiger partial charge in [0.15, 0.2) is 11.0 Å². The number of amides is 1. The van der Waals surface area contributed by atoms with Crippen LogP contribution in [0.2, 0.25) is 10.0 Å². The van der Waals surface area contributed by atoms with Crippen molar-refractivity contribution < 1.29 is 9.53 Å². The molecule has 0 unspecified atom stereocenters. The van der Waals surface area contributed by atoms with Gasteiger partial charge in [-0.05, 0) is 70.4 Å². The van der Waals surface area contributed by atoms with Crippen LogP contribution in [0.3, 0.4) is 0 Å². The summed E-state index contributed by atoms with van der Waals surface area (Å²) in [5.41, 5.74) is 1.47. The van der Waals surface area contributed by atoms with Crippen LogP contribution in [0.5, 0.6) is 5.75 Å². The molecule has 32 heavy (non-hydrogen) atoms. The zero-order valence-electron chi connectivity index (χ0n) is 18.5. The molecule has 3 aromatic rings. The lowest BCUT2D eigenvalue weighted by atomic mass is 10.2. The maximum atomic E-state index is 12.8. The van der Waals surface area contributed by atoms with E-state index in [9.17, 15) is 4.79 Å². The number of aromatic nitrogens is 3. The van der Waals surface area contributed by atoms with Crippen LogP contribution in [0, 0.1) is 0 Å². The fraction of sp³-hybridized carbons (Fsp3) is 0.318. The molecule has 0 bridgehead atoms. The lowest BCUT2D eigenvalue weighted by Crippen LogP contribution is -2.23. The van der Waals surface area contributed by atoms with E-state index in [1.807, 2.05) is 49.9 Å². The number of hydrogen-bond donors (Lipinski definition) is 1. The summed E-state index contributed by atoms with van der Waals surface area (Å²) in [4.78, 5) is 14.9. The minimum atomic E-state index is -0.436. The maximum absolute atomic E-state index is 12.8. The van der Waals surface area contributed by atoms with Crippen molar-refractivity contribution in [3.8, 4) is 11.4 Å². The van der Waals surface area contributed by atoms with Crippen molar-refractivity contribution in [2.24, 2.45) is 0 Å². The summed E-state index contributed by atoms with van der Waals surface area (Å²) in [5.74, 6) is 1.14. The van der Waals surface area contributed by atoms with E-state index < -0.39 is 5.25 Å². The molecule has 10 heteroatoms. The Hall–Kier alpha value is -2.26. The number of nitrogens with zero attached hydrogens (tertiary/aromatic N) is 4. The van der Waals surface area contributed by atoms with Gasteiger partial charge in [-0.25, -0.2) is 0 Å². The van der Waals surface area contributed by atoms with Crippen molar-refractivity contribution in [3.05, 3.63) is 58.3 Å². The molecular formula is C22H25Cl2N5O2S. The van der Waals surface area contributed by atoms with Gasteiger partial charge in [0.05, 0.1) is 23.4 Å². The van der Waals surface area contributed by atoms with Crippen molar-refractivity contribution in [2.75, 3.05) is 26.5 Å². The van der Waals surface area contributed by atoms with Crippen molar-refractivity contribution in [2.45, 2.75) is 30.3 Å². The third-order valence-electron chi connectivity index (χ3n) is 4.96. The van der Waals surface area contributed by atoms with Crippen LogP contribution >= 0.6 is 35.0 Å². The second-order valence-electron chi connectivity index (χ2n) is 7.39. The van der Waals surface area contributed by atoms with Gasteiger partial charge in [-0.1, -0.05) is 35.0 Å². The second kappa shape index (κ2) is 10.6. The number of carbonyl (C=O) groups is 1. The quantitative estimate of drug-likeness (QED) is 0.427. The third kappa shape index (κ3) is 5.56. The molecule has 1 aromatic heterocycles. The fourth-order valence-electron chi connectivity index (χ4n) is 2.89. The number of carbonyl (C=O) groups excluding carboxylic acids is 1. The molecular weight excluding hydrogens is 469 g/mol. The number of benzene rings is 2. The van der Waals surface area contributed by atoms with E-state index in [0.717, 1.165) is 11.5 Å². The molecule has 170 valence electrons. The first-order valence-electron chi connectivity index (χ1n) is 9.90. The van der Waals surface area contributed by atoms with Crippen molar-refractivity contribution in [1.29, 1.82) is 0 Å². The molecule has 2 atom stereocenters. The molecule has 1 N–H and O–H groups in total. The smallest absolute Gasteiger partial charge is 0.237 e. The van der Waals surface area contributed by atoms with Crippen LogP contribution in [0.25, 0.3) is 5.69 Å². The molecule has 0 fully saturated rings. The van der Waals surface area contributed by atoms with Gasteiger partial charge in [-0.3, -0.25) is 14.3 Å². The average molecular weight is 494 g/mol. The summed E-state index contributed by atoms with van der Waals surface area (Å²) in [6.45, 7) is 3.87. The molecule has 0 aliphatic carbocycles. The molecule has 1 amide bonds. The third-order valence-corrected chi connectivity index (χ3v) is 6.55. The number of halogens is 2. The Morgan fingerprint density at radius 3 is 2.41 bits per heavy atom. The minimum Gasteiger partial charge on any atom is -0.495 e. The molecule has 3 rings (SSSR count). The van der Waals surface area contributed by atoms with Gasteiger partial charge < -0.3 is 10.1 Å². The highest BCUT2D eigenvalue weighted by Crippen LogP contribution is 2.31. The van der Waals surface area contributed by atoms with Crippen LogP contribution in [-0.2, 0) is 4.79 Å². The first-order valence-corrected chi connectivity index (χ1v) is 11.5. The van der Waals surface area contributed by atoms with Crippen LogP contribution < -0.4 is 10.1 Å². The Morgan fingerprint density at radius 1 is 1.12 bits per heavy atom. The van der Waals surface area contributed by atoms with Gasteiger partial charge in [-0.2, -0.15) is 0 Å². The van der Waals surface area contributed by atoms with Gasteiger partial charge >= 0.3 is 0 Å². The molecule has 0 spiro atoms. The standard InChI is InChI=1S/C22H25Cl2N5O2S/c1-13(28(3)4)20-26-27-22(29(20)17-9-6-15(23)7-10-17)32-14(2)21(30)25-16-8-11-19(31-5)18(24)12-16/h6-14H,1-5H3,(H,25,30)/t13-,14+/m1/s1. The Bertz CT molecular complexity index is 1090. The number of anilines is 1. The molecule has 0 aliphatic rings. The molecule has 0 saturated heterocycles. The predicted octanol–water partition coefficient (Wildman–Crippen LogP) is 5.32. The summed E-state index contributed by atoms with van der Waals surface area (Å²) in [6.07, 6.45) is 0. The minimum absolute atomic E-state index is 0.0121. The SMILES string of the molecule is COc1ccc(NC(=O)[C@H](C)Sc2nnc([C@@H](C)N(C)C)n2-c2ccc(Cl)cc2)cc1Cl. The van der Waals surface area contributed by atoms with E-state index in [4.69, 9.17) is 27.9 Å². The van der Waals surface area contributed by atoms with Crippen molar-refractivity contribution in [1.82, 2.24) is 19.7 Å². The topological polar surface area (TPSA) is 72.3 Å². The summed E-state index contributed by atoms with van der Waals surface area (Å²) in [6, 6.07) is 12.6. The second-order valence-corrected chi connectivity index (χ2v) is 9.54. The number of thioether (sulfide) groups is 1. The van der Waals surface area contributed by atoms with Gasteiger partial charge in [-0.15, -0.1) is 10.2 Å². The van der Waals surface area contributed by atoms with Crippen molar-refractivity contribution >= 4 is 46.6 Å². The van der Waals surface area contributed by atoms with E-state index in [0.29, 0.717) is 26.6 Å². The summed E-state index contributed by atoms with van der Waals surface area (Å²) in [7, 11) is 5.50. The molecule has 7 nitrogen and oxygen atoms in total. The van der Waals surface area contributed by atoms with E-state index in [-0.39, 0.29) is 11.9 Å². The number of hydrogen-bond acceptors (Lipinski definition) is 6. The highest BCUT2D eigenvalue weighted by molar-refractivity contribution is 8.00. The Balaban J connectivity index is 1.85. The fourth-order valence-corrected chi connectivity index (χ4v) is 4.15. The van der Waals surface area contributed by atoms with Gasteiger partial charge in [0, 0.05) is 16.4 Å². The lowest BCUT2D eigenvalue weighted by Gasteiger charge is -2.21. The number of methoxy groups -OCH3 is 1. The molecule has 0 saturated carbocycles. The number of rotatable bonds is 8. The molecule has 1 heterocycles. The summed E-state index contributed by atoms with van der Waals surface area (Å²) < 4.78 is 7.11. The molecule has 0 radical (unpaired) electrons. The van der Waals surface area contributed by atoms with Gasteiger partial charge in [0.25, 0.3) is 0 Å². The largest absolute Gasteiger partial charge is 0.495 e. The summed E-state index contributed by atoms with van der Waals surface area (Å²) >= 11 is 13.6. The Labute approximate surface area is 202 Å². The van der Waals surface area contributed by atoms with E-state index in [2.05, 4.69) is 27.3 Å². The first kappa shape index (κ1) is 24.4. The predicted molar refractivity (Wildman–Crippen MR) is 130 cm³/mol.